The fourth-order valence-electron chi connectivity index (χ4n) is 1.91. The number of hydrogen-bond donors (Lipinski definition) is 2. The van der Waals surface area contributed by atoms with Gasteiger partial charge in [0.25, 0.3) is 5.91 Å². The normalized spacial score (nSPS) is 11.3. The molecule has 2 aromatic rings. The highest BCUT2D eigenvalue weighted by Gasteiger charge is 2.09. The van der Waals surface area contributed by atoms with Crippen molar-refractivity contribution < 1.29 is 17.6 Å². The third kappa shape index (κ3) is 4.85. The largest absolute Gasteiger partial charge is 0.352 e. The average molecular weight is 401 g/mol. The van der Waals surface area contributed by atoms with Crippen molar-refractivity contribution in [2.45, 2.75) is 11.3 Å². The summed E-state index contributed by atoms with van der Waals surface area (Å²) in [6.45, 7) is 0.339. The summed E-state index contributed by atoms with van der Waals surface area (Å²) in [5.41, 5.74) is 1.08. The quantitative estimate of drug-likeness (QED) is 0.805. The Labute approximate surface area is 141 Å². The number of carbonyl (C=O) groups is 1. The Morgan fingerprint density at radius 2 is 1.83 bits per heavy atom. The Morgan fingerprint density at radius 3 is 2.39 bits per heavy atom. The number of hydrogen-bond acceptors (Lipinski definition) is 3. The van der Waals surface area contributed by atoms with Crippen LogP contribution in [0.25, 0.3) is 0 Å². The number of amides is 1. The van der Waals surface area contributed by atoms with Gasteiger partial charge < -0.3 is 5.32 Å². The van der Waals surface area contributed by atoms with Crippen molar-refractivity contribution >= 4 is 31.9 Å². The second-order valence-corrected chi connectivity index (χ2v) is 7.24. The number of nitrogens with one attached hydrogen (secondary N) is 1. The highest BCUT2D eigenvalue weighted by molar-refractivity contribution is 9.10. The molecule has 0 aliphatic heterocycles. The maximum Gasteiger partial charge on any atom is 0.251 e. The first kappa shape index (κ1) is 17.6. The molecule has 0 heterocycles. The molecule has 0 aromatic heterocycles. The van der Waals surface area contributed by atoms with Gasteiger partial charge in [-0.05, 0) is 58.2 Å². The molecule has 0 bridgehead atoms. The van der Waals surface area contributed by atoms with Crippen molar-refractivity contribution in [3.8, 4) is 0 Å². The Kier molecular flexibility index (Phi) is 5.51. The van der Waals surface area contributed by atoms with Gasteiger partial charge in [-0.25, -0.2) is 17.9 Å². The number of primary sulfonamides is 1. The summed E-state index contributed by atoms with van der Waals surface area (Å²) < 4.78 is 36.0. The van der Waals surface area contributed by atoms with E-state index in [1.807, 2.05) is 0 Å². The molecule has 122 valence electrons. The van der Waals surface area contributed by atoms with Gasteiger partial charge >= 0.3 is 0 Å². The van der Waals surface area contributed by atoms with Gasteiger partial charge in [0.05, 0.1) is 9.37 Å². The van der Waals surface area contributed by atoms with Gasteiger partial charge in [-0.1, -0.05) is 12.1 Å². The van der Waals surface area contributed by atoms with E-state index in [4.69, 9.17) is 5.14 Å². The van der Waals surface area contributed by atoms with Crippen molar-refractivity contribution in [2.24, 2.45) is 5.14 Å². The molecule has 3 N–H and O–H groups in total. The van der Waals surface area contributed by atoms with Gasteiger partial charge in [0.2, 0.25) is 10.0 Å². The number of benzene rings is 2. The molecule has 2 rings (SSSR count). The fraction of sp³-hybridized carbons (Fsp3) is 0.133. The van der Waals surface area contributed by atoms with Gasteiger partial charge in [0, 0.05) is 12.1 Å². The molecule has 0 radical (unpaired) electrons. The fourth-order valence-corrected chi connectivity index (χ4v) is 2.67. The van der Waals surface area contributed by atoms with Crippen LogP contribution in [-0.2, 0) is 16.4 Å². The van der Waals surface area contributed by atoms with Crippen LogP contribution in [-0.4, -0.2) is 20.9 Å². The average Bonchev–Trinajstić information content (AvgIpc) is 2.49. The van der Waals surface area contributed by atoms with E-state index in [2.05, 4.69) is 21.2 Å². The first-order valence-electron chi connectivity index (χ1n) is 6.62. The molecule has 0 spiro atoms. The van der Waals surface area contributed by atoms with E-state index in [0.29, 0.717) is 17.4 Å². The second-order valence-electron chi connectivity index (χ2n) is 4.82. The van der Waals surface area contributed by atoms with E-state index in [0.717, 1.165) is 11.6 Å². The molecule has 23 heavy (non-hydrogen) atoms. The van der Waals surface area contributed by atoms with Crippen molar-refractivity contribution in [1.82, 2.24) is 5.32 Å². The summed E-state index contributed by atoms with van der Waals surface area (Å²) in [5.74, 6) is -0.881. The lowest BCUT2D eigenvalue weighted by Gasteiger charge is -2.07. The molecular formula is C15H14BrFN2O3S. The summed E-state index contributed by atoms with van der Waals surface area (Å²) in [4.78, 5) is 11.9. The highest BCUT2D eigenvalue weighted by Crippen LogP contribution is 2.16. The third-order valence-electron chi connectivity index (χ3n) is 3.13. The lowest BCUT2D eigenvalue weighted by molar-refractivity contribution is 0.0953. The summed E-state index contributed by atoms with van der Waals surface area (Å²) in [6.07, 6.45) is 0.510. The molecule has 0 atom stereocenters. The smallest absolute Gasteiger partial charge is 0.251 e. The number of sulfonamides is 1. The van der Waals surface area contributed by atoms with Crippen LogP contribution in [0.3, 0.4) is 0 Å². The van der Waals surface area contributed by atoms with E-state index in [1.165, 1.54) is 24.3 Å². The van der Waals surface area contributed by atoms with Crippen LogP contribution in [0.5, 0.6) is 0 Å². The zero-order valence-corrected chi connectivity index (χ0v) is 14.3. The summed E-state index contributed by atoms with van der Waals surface area (Å²) in [6, 6.07) is 10.2. The van der Waals surface area contributed by atoms with Crippen molar-refractivity contribution in [2.75, 3.05) is 6.54 Å². The minimum atomic E-state index is -3.71. The Morgan fingerprint density at radius 1 is 1.17 bits per heavy atom. The Balaban J connectivity index is 1.91. The van der Waals surface area contributed by atoms with Crippen molar-refractivity contribution in [3.05, 3.63) is 63.9 Å². The molecule has 0 saturated heterocycles. The molecule has 0 fully saturated rings. The first-order chi connectivity index (χ1) is 10.8. The molecule has 1 amide bonds. The number of carbonyl (C=O) groups excluding carboxylic acids is 1. The van der Waals surface area contributed by atoms with E-state index in [1.54, 1.807) is 12.1 Å². The number of halogens is 2. The Bertz CT molecular complexity index is 823. The molecule has 0 saturated carbocycles. The van der Waals surface area contributed by atoms with Crippen LogP contribution in [0.15, 0.2) is 51.8 Å². The monoisotopic (exact) mass is 400 g/mol. The van der Waals surface area contributed by atoms with E-state index in [-0.39, 0.29) is 16.4 Å². The van der Waals surface area contributed by atoms with Gasteiger partial charge in [-0.3, -0.25) is 4.79 Å². The van der Waals surface area contributed by atoms with Crippen LogP contribution in [0.1, 0.15) is 15.9 Å². The molecule has 5 nitrogen and oxygen atoms in total. The van der Waals surface area contributed by atoms with Gasteiger partial charge in [-0.2, -0.15) is 0 Å². The predicted octanol–water partition coefficient (Wildman–Crippen LogP) is 2.21. The van der Waals surface area contributed by atoms with Crippen molar-refractivity contribution in [3.63, 3.8) is 0 Å². The molecular weight excluding hydrogens is 387 g/mol. The van der Waals surface area contributed by atoms with Crippen LogP contribution in [0, 0.1) is 5.82 Å². The molecule has 2 aromatic carbocycles. The summed E-state index contributed by atoms with van der Waals surface area (Å²) in [7, 11) is -3.71. The van der Waals surface area contributed by atoms with Crippen LogP contribution < -0.4 is 10.5 Å². The lowest BCUT2D eigenvalue weighted by atomic mass is 10.1. The predicted molar refractivity (Wildman–Crippen MR) is 88.0 cm³/mol. The van der Waals surface area contributed by atoms with Gasteiger partial charge in [0.15, 0.2) is 0 Å². The summed E-state index contributed by atoms with van der Waals surface area (Å²) >= 11 is 3.02. The topological polar surface area (TPSA) is 89.3 Å². The molecule has 0 aliphatic rings. The second kappa shape index (κ2) is 7.20. The number of rotatable bonds is 5. The third-order valence-corrected chi connectivity index (χ3v) is 4.71. The summed E-state index contributed by atoms with van der Waals surface area (Å²) in [5, 5.41) is 7.69. The van der Waals surface area contributed by atoms with Gasteiger partial charge in [-0.15, -0.1) is 0 Å². The van der Waals surface area contributed by atoms with Gasteiger partial charge in [0.1, 0.15) is 5.82 Å². The Hall–Kier alpha value is -1.77. The zero-order chi connectivity index (χ0) is 17.0. The zero-order valence-electron chi connectivity index (χ0n) is 11.9. The SMILES string of the molecule is NS(=O)(=O)c1ccc(CCNC(=O)c2ccc(Br)c(F)c2)cc1. The van der Waals surface area contributed by atoms with E-state index in [9.17, 15) is 17.6 Å². The van der Waals surface area contributed by atoms with Crippen molar-refractivity contribution in [1.29, 1.82) is 0 Å². The van der Waals surface area contributed by atoms with E-state index >= 15 is 0 Å². The minimum Gasteiger partial charge on any atom is -0.352 e. The lowest BCUT2D eigenvalue weighted by Crippen LogP contribution is -2.25. The first-order valence-corrected chi connectivity index (χ1v) is 8.96. The number of nitrogens with two attached hydrogens (primary N) is 1. The molecule has 8 heteroatoms. The minimum absolute atomic E-state index is 0.0376. The standard InChI is InChI=1S/C15H14BrFN2O3S/c16-13-6-3-11(9-14(13)17)15(20)19-8-7-10-1-4-12(5-2-10)23(18,21)22/h1-6,9H,7-8H2,(H,19,20)(H2,18,21,22). The van der Waals surface area contributed by atoms with Crippen LogP contribution >= 0.6 is 15.9 Å². The molecule has 0 aliphatic carbocycles. The van der Waals surface area contributed by atoms with Crippen LogP contribution in [0.2, 0.25) is 0 Å². The molecule has 0 unspecified atom stereocenters. The highest BCUT2D eigenvalue weighted by atomic mass is 79.9. The van der Waals surface area contributed by atoms with Crippen LogP contribution in [0.4, 0.5) is 4.39 Å². The maximum absolute atomic E-state index is 13.4. The maximum atomic E-state index is 13.4. The van der Waals surface area contributed by atoms with E-state index < -0.39 is 15.8 Å².